The number of pyridine rings is 1. The van der Waals surface area contributed by atoms with Gasteiger partial charge >= 0.3 is 0 Å². The molecule has 0 saturated carbocycles. The van der Waals surface area contributed by atoms with Crippen LogP contribution in [0.15, 0.2) is 73.1 Å². The fraction of sp³-hybridized carbons (Fsp3) is 0.550. The highest BCUT2D eigenvalue weighted by Gasteiger charge is 2.23. The fourth-order valence-corrected chi connectivity index (χ4v) is 5.81. The Morgan fingerprint density at radius 1 is 0.750 bits per heavy atom. The Morgan fingerprint density at radius 3 is 1.91 bits per heavy atom. The van der Waals surface area contributed by atoms with Gasteiger partial charge in [-0.1, -0.05) is 135 Å². The van der Waals surface area contributed by atoms with Crippen molar-refractivity contribution >= 4 is 11.6 Å². The van der Waals surface area contributed by atoms with Gasteiger partial charge in [-0.15, -0.1) is 0 Å². The SMILES string of the molecule is CCCCCCCCCCCCCCCCOc1ccc(CN(C(=O)c2ccc[n+](C)c2)c2ccccc2)cc1C(C)(C)C. The smallest absolute Gasteiger partial charge is 0.264 e. The summed E-state index contributed by atoms with van der Waals surface area (Å²) in [5.41, 5.74) is 3.76. The van der Waals surface area contributed by atoms with Gasteiger partial charge in [-0.2, -0.15) is 0 Å². The van der Waals surface area contributed by atoms with Gasteiger partial charge in [0.1, 0.15) is 18.4 Å². The number of hydrogen-bond donors (Lipinski definition) is 0. The van der Waals surface area contributed by atoms with Gasteiger partial charge in [0.2, 0.25) is 0 Å². The lowest BCUT2D eigenvalue weighted by Crippen LogP contribution is -2.34. The van der Waals surface area contributed by atoms with E-state index >= 15 is 0 Å². The van der Waals surface area contributed by atoms with E-state index < -0.39 is 0 Å². The lowest BCUT2D eigenvalue weighted by atomic mass is 9.85. The molecule has 2 aromatic carbocycles. The third kappa shape index (κ3) is 12.5. The van der Waals surface area contributed by atoms with E-state index in [-0.39, 0.29) is 11.3 Å². The molecule has 0 aliphatic carbocycles. The summed E-state index contributed by atoms with van der Waals surface area (Å²) in [6.45, 7) is 10.2. The Kier molecular flexibility index (Phi) is 15.5. The third-order valence-corrected chi connectivity index (χ3v) is 8.45. The molecule has 4 heteroatoms. The largest absolute Gasteiger partial charge is 0.493 e. The maximum atomic E-state index is 13.7. The van der Waals surface area contributed by atoms with Crippen molar-refractivity contribution in [1.82, 2.24) is 0 Å². The summed E-state index contributed by atoms with van der Waals surface area (Å²) in [4.78, 5) is 15.6. The van der Waals surface area contributed by atoms with Gasteiger partial charge in [0, 0.05) is 11.8 Å². The van der Waals surface area contributed by atoms with Crippen molar-refractivity contribution in [3.05, 3.63) is 89.7 Å². The summed E-state index contributed by atoms with van der Waals surface area (Å²) in [6.07, 6.45) is 22.8. The van der Waals surface area contributed by atoms with Crippen molar-refractivity contribution in [3.63, 3.8) is 0 Å². The predicted molar refractivity (Wildman–Crippen MR) is 186 cm³/mol. The van der Waals surface area contributed by atoms with Gasteiger partial charge in [0.05, 0.1) is 13.2 Å². The van der Waals surface area contributed by atoms with E-state index in [1.165, 1.54) is 89.0 Å². The molecule has 1 amide bonds. The van der Waals surface area contributed by atoms with Crippen molar-refractivity contribution in [2.24, 2.45) is 7.05 Å². The van der Waals surface area contributed by atoms with E-state index in [2.05, 4.69) is 45.9 Å². The van der Waals surface area contributed by atoms with Crippen molar-refractivity contribution < 1.29 is 14.1 Å². The van der Waals surface area contributed by atoms with Crippen molar-refractivity contribution in [1.29, 1.82) is 0 Å². The molecule has 1 aromatic heterocycles. The average Bonchev–Trinajstić information content (AvgIpc) is 3.01. The lowest BCUT2D eigenvalue weighted by Gasteiger charge is -2.26. The number of carbonyl (C=O) groups is 1. The molecule has 240 valence electrons. The minimum absolute atomic E-state index is 0.0113. The molecule has 0 bridgehead atoms. The topological polar surface area (TPSA) is 33.4 Å². The monoisotopic (exact) mass is 599 g/mol. The number of ether oxygens (including phenoxy) is 1. The molecule has 44 heavy (non-hydrogen) atoms. The highest BCUT2D eigenvalue weighted by molar-refractivity contribution is 6.05. The number of amides is 1. The van der Waals surface area contributed by atoms with E-state index in [0.717, 1.165) is 30.0 Å². The molecule has 0 aliphatic heterocycles. The average molecular weight is 600 g/mol. The second-order valence-electron chi connectivity index (χ2n) is 13.5. The first kappa shape index (κ1) is 35.3. The van der Waals surface area contributed by atoms with Gasteiger partial charge in [0.15, 0.2) is 12.4 Å². The van der Waals surface area contributed by atoms with Crippen LogP contribution in [0.1, 0.15) is 139 Å². The van der Waals surface area contributed by atoms with Gasteiger partial charge in [0.25, 0.3) is 5.91 Å². The van der Waals surface area contributed by atoms with E-state index in [1.54, 1.807) is 0 Å². The van der Waals surface area contributed by atoms with Gasteiger partial charge in [-0.05, 0) is 53.3 Å². The predicted octanol–water partition coefficient (Wildman–Crippen LogP) is 10.5. The summed E-state index contributed by atoms with van der Waals surface area (Å²) < 4.78 is 8.28. The zero-order chi connectivity index (χ0) is 31.6. The molecule has 0 radical (unpaired) electrons. The van der Waals surface area contributed by atoms with Crippen LogP contribution in [-0.2, 0) is 19.0 Å². The number of aromatic nitrogens is 1. The van der Waals surface area contributed by atoms with Gasteiger partial charge in [-0.3, -0.25) is 4.79 Å². The number of hydrogen-bond acceptors (Lipinski definition) is 2. The molecule has 0 unspecified atom stereocenters. The van der Waals surface area contributed by atoms with E-state index in [0.29, 0.717) is 12.1 Å². The summed E-state index contributed by atoms with van der Waals surface area (Å²) in [7, 11) is 1.94. The van der Waals surface area contributed by atoms with Crippen LogP contribution in [0, 0.1) is 0 Å². The van der Waals surface area contributed by atoms with Crippen LogP contribution in [0.25, 0.3) is 0 Å². The molecule has 0 saturated heterocycles. The third-order valence-electron chi connectivity index (χ3n) is 8.45. The summed E-state index contributed by atoms with van der Waals surface area (Å²) in [5.74, 6) is 0.950. The number of benzene rings is 2. The highest BCUT2D eigenvalue weighted by atomic mass is 16.5. The Bertz CT molecular complexity index is 1230. The normalized spacial score (nSPS) is 11.5. The van der Waals surface area contributed by atoms with E-state index in [4.69, 9.17) is 4.74 Å². The number of nitrogens with zero attached hydrogens (tertiary/aromatic N) is 2. The van der Waals surface area contributed by atoms with Crippen LogP contribution < -0.4 is 14.2 Å². The van der Waals surface area contributed by atoms with Crippen LogP contribution in [0.5, 0.6) is 5.75 Å². The molecular formula is C40H59N2O2+. The second kappa shape index (κ2) is 19.3. The first-order valence-electron chi connectivity index (χ1n) is 17.4. The Hall–Kier alpha value is -3.14. The minimum Gasteiger partial charge on any atom is -0.493 e. The second-order valence-corrected chi connectivity index (χ2v) is 13.5. The first-order valence-corrected chi connectivity index (χ1v) is 17.4. The number of rotatable bonds is 20. The molecule has 0 fully saturated rings. The van der Waals surface area contributed by atoms with Crippen LogP contribution in [0.3, 0.4) is 0 Å². The molecule has 0 N–H and O–H groups in total. The minimum atomic E-state index is -0.0738. The van der Waals surface area contributed by atoms with Crippen LogP contribution >= 0.6 is 0 Å². The molecular weight excluding hydrogens is 540 g/mol. The van der Waals surface area contributed by atoms with E-state index in [9.17, 15) is 4.79 Å². The number of anilines is 1. The quantitative estimate of drug-likeness (QED) is 0.0956. The van der Waals surface area contributed by atoms with Crippen LogP contribution in [0.4, 0.5) is 5.69 Å². The number of para-hydroxylation sites is 1. The van der Waals surface area contributed by atoms with Crippen LogP contribution in [-0.4, -0.2) is 12.5 Å². The number of unbranched alkanes of at least 4 members (excludes halogenated alkanes) is 13. The molecule has 3 aromatic rings. The van der Waals surface area contributed by atoms with Crippen molar-refractivity contribution in [3.8, 4) is 5.75 Å². The molecule has 4 nitrogen and oxygen atoms in total. The standard InChI is InChI=1S/C40H59N2O2/c1-6-7-8-9-10-11-12-13-14-15-16-17-18-22-30-44-38-28-27-34(31-37(38)40(2,3)4)32-42(36-25-20-19-21-26-36)39(43)35-24-23-29-41(5)33-35/h19-21,23-29,31,33H,6-18,22,30,32H2,1-5H3/q+1. The van der Waals surface area contributed by atoms with Crippen LogP contribution in [0.2, 0.25) is 0 Å². The summed E-state index contributed by atoms with van der Waals surface area (Å²) in [6, 6.07) is 20.2. The fourth-order valence-electron chi connectivity index (χ4n) is 5.81. The molecule has 0 aliphatic rings. The molecule has 0 spiro atoms. The first-order chi connectivity index (χ1) is 21.3. The Labute approximate surface area is 268 Å². The highest BCUT2D eigenvalue weighted by Crippen LogP contribution is 2.33. The van der Waals surface area contributed by atoms with E-state index in [1.807, 2.05) is 71.4 Å². The Morgan fingerprint density at radius 2 is 1.34 bits per heavy atom. The number of carbonyl (C=O) groups excluding carboxylic acids is 1. The Balaban J connectivity index is 1.49. The maximum Gasteiger partial charge on any atom is 0.264 e. The van der Waals surface area contributed by atoms with Crippen molar-refractivity contribution in [2.45, 2.75) is 130 Å². The lowest BCUT2D eigenvalue weighted by molar-refractivity contribution is -0.671. The molecule has 1 heterocycles. The number of aryl methyl sites for hydroxylation is 1. The zero-order valence-corrected chi connectivity index (χ0v) is 28.5. The summed E-state index contributed by atoms with van der Waals surface area (Å²) in [5, 5.41) is 0. The van der Waals surface area contributed by atoms with Gasteiger partial charge in [-0.25, -0.2) is 4.57 Å². The van der Waals surface area contributed by atoms with Crippen molar-refractivity contribution in [2.75, 3.05) is 11.5 Å². The zero-order valence-electron chi connectivity index (χ0n) is 28.5. The van der Waals surface area contributed by atoms with Gasteiger partial charge < -0.3 is 9.64 Å². The molecule has 3 rings (SSSR count). The molecule has 0 atom stereocenters. The summed E-state index contributed by atoms with van der Waals surface area (Å²) >= 11 is 0. The maximum absolute atomic E-state index is 13.7.